The molecule has 0 radical (unpaired) electrons. The van der Waals surface area contributed by atoms with E-state index in [1.165, 1.54) is 24.0 Å². The van der Waals surface area contributed by atoms with Crippen molar-refractivity contribution in [2.45, 2.75) is 59.0 Å². The van der Waals surface area contributed by atoms with Crippen molar-refractivity contribution in [2.24, 2.45) is 11.8 Å². The Bertz CT molecular complexity index is 540. The normalized spacial score (nSPS) is 19.9. The molecule has 1 heterocycles. The number of carbonyl (C=O) groups is 1. The molecule has 0 spiro atoms. The van der Waals surface area contributed by atoms with E-state index in [4.69, 9.17) is 0 Å². The Balaban J connectivity index is 1.88. The van der Waals surface area contributed by atoms with Gasteiger partial charge in [-0.3, -0.25) is 4.79 Å². The zero-order chi connectivity index (χ0) is 14.5. The van der Waals surface area contributed by atoms with Gasteiger partial charge in [0.05, 0.1) is 0 Å². The highest BCUT2D eigenvalue weighted by molar-refractivity contribution is 5.99. The van der Waals surface area contributed by atoms with Gasteiger partial charge in [0.15, 0.2) is 0 Å². The lowest BCUT2D eigenvalue weighted by molar-refractivity contribution is 0.0609. The molecule has 2 heteroatoms. The van der Waals surface area contributed by atoms with Gasteiger partial charge in [0, 0.05) is 17.6 Å². The van der Waals surface area contributed by atoms with Gasteiger partial charge in [0.25, 0.3) is 5.91 Å². The molecule has 0 bridgehead atoms. The maximum absolute atomic E-state index is 12.8. The van der Waals surface area contributed by atoms with Crippen molar-refractivity contribution in [1.82, 2.24) is 4.90 Å². The molecular formula is C18H25NO. The van der Waals surface area contributed by atoms with E-state index < -0.39 is 0 Å². The third-order valence-corrected chi connectivity index (χ3v) is 5.00. The molecule has 2 aliphatic rings. The number of fused-ring (bicyclic) bond motifs is 1. The molecule has 3 rings (SSSR count). The molecule has 1 fully saturated rings. The van der Waals surface area contributed by atoms with Gasteiger partial charge in [-0.1, -0.05) is 39.8 Å². The van der Waals surface area contributed by atoms with Crippen LogP contribution in [0.4, 0.5) is 0 Å². The average molecular weight is 271 g/mol. The Kier molecular flexibility index (Phi) is 3.15. The number of amides is 1. The van der Waals surface area contributed by atoms with Crippen LogP contribution in [0.1, 0.15) is 62.0 Å². The summed E-state index contributed by atoms with van der Waals surface area (Å²) in [5.74, 6) is 1.44. The van der Waals surface area contributed by atoms with Crippen molar-refractivity contribution in [3.8, 4) is 0 Å². The molecule has 1 aromatic carbocycles. The molecule has 1 aliphatic heterocycles. The van der Waals surface area contributed by atoms with Crippen LogP contribution in [0.15, 0.2) is 18.2 Å². The summed E-state index contributed by atoms with van der Waals surface area (Å²) < 4.78 is 0. The van der Waals surface area contributed by atoms with Crippen molar-refractivity contribution < 1.29 is 4.79 Å². The fourth-order valence-corrected chi connectivity index (χ4v) is 3.59. The molecule has 108 valence electrons. The summed E-state index contributed by atoms with van der Waals surface area (Å²) in [6.07, 6.45) is 3.39. The van der Waals surface area contributed by atoms with Crippen LogP contribution in [-0.4, -0.2) is 16.3 Å². The largest absolute Gasteiger partial charge is 0.328 e. The predicted octanol–water partition coefficient (Wildman–Crippen LogP) is 4.03. The molecule has 1 aliphatic carbocycles. The predicted molar refractivity (Wildman–Crippen MR) is 81.7 cm³/mol. The summed E-state index contributed by atoms with van der Waals surface area (Å²) in [5.41, 5.74) is 3.61. The quantitative estimate of drug-likeness (QED) is 0.809. The minimum atomic E-state index is 0.147. The second-order valence-corrected chi connectivity index (χ2v) is 7.24. The third kappa shape index (κ3) is 2.06. The van der Waals surface area contributed by atoms with E-state index in [0.717, 1.165) is 18.5 Å². The Labute approximate surface area is 122 Å². The van der Waals surface area contributed by atoms with Crippen LogP contribution < -0.4 is 0 Å². The van der Waals surface area contributed by atoms with Crippen LogP contribution in [0.3, 0.4) is 0 Å². The topological polar surface area (TPSA) is 20.3 Å². The summed E-state index contributed by atoms with van der Waals surface area (Å²) in [5, 5.41) is 0. The lowest BCUT2D eigenvalue weighted by Crippen LogP contribution is -2.41. The highest BCUT2D eigenvalue weighted by Gasteiger charge is 2.54. The van der Waals surface area contributed by atoms with E-state index in [-0.39, 0.29) is 11.4 Å². The van der Waals surface area contributed by atoms with Gasteiger partial charge >= 0.3 is 0 Å². The summed E-state index contributed by atoms with van der Waals surface area (Å²) in [6, 6.07) is 6.50. The third-order valence-electron chi connectivity index (χ3n) is 5.00. The maximum Gasteiger partial charge on any atom is 0.254 e. The molecule has 1 aromatic rings. The second-order valence-electron chi connectivity index (χ2n) is 7.24. The summed E-state index contributed by atoms with van der Waals surface area (Å²) in [4.78, 5) is 14.9. The van der Waals surface area contributed by atoms with Gasteiger partial charge in [-0.15, -0.1) is 0 Å². The number of hydrogen-bond donors (Lipinski definition) is 0. The zero-order valence-corrected chi connectivity index (χ0v) is 13.1. The van der Waals surface area contributed by atoms with E-state index in [0.29, 0.717) is 11.8 Å². The smallest absolute Gasteiger partial charge is 0.254 e. The van der Waals surface area contributed by atoms with Crippen LogP contribution >= 0.6 is 0 Å². The average Bonchev–Trinajstić information content (AvgIpc) is 3.11. The first-order valence-electron chi connectivity index (χ1n) is 7.88. The van der Waals surface area contributed by atoms with Crippen LogP contribution in [0, 0.1) is 11.8 Å². The molecule has 1 saturated carbocycles. The summed E-state index contributed by atoms with van der Waals surface area (Å²) in [6.45, 7) is 9.74. The van der Waals surface area contributed by atoms with Crippen molar-refractivity contribution in [1.29, 1.82) is 0 Å². The van der Waals surface area contributed by atoms with Crippen molar-refractivity contribution in [3.05, 3.63) is 34.9 Å². The van der Waals surface area contributed by atoms with Crippen LogP contribution in [0.2, 0.25) is 0 Å². The molecule has 0 saturated heterocycles. The lowest BCUT2D eigenvalue weighted by Gasteiger charge is -2.31. The van der Waals surface area contributed by atoms with Gasteiger partial charge in [0.1, 0.15) is 0 Å². The highest BCUT2D eigenvalue weighted by Crippen LogP contribution is 2.50. The molecule has 20 heavy (non-hydrogen) atoms. The highest BCUT2D eigenvalue weighted by atomic mass is 16.2. The van der Waals surface area contributed by atoms with Crippen LogP contribution in [0.25, 0.3) is 0 Å². The number of hydrogen-bond acceptors (Lipinski definition) is 1. The van der Waals surface area contributed by atoms with Gasteiger partial charge in [-0.05, 0) is 48.3 Å². The first kappa shape index (κ1) is 13.7. The number of carbonyl (C=O) groups excluding carboxylic acids is 1. The van der Waals surface area contributed by atoms with Crippen LogP contribution in [-0.2, 0) is 13.0 Å². The number of nitrogens with zero attached hydrogens (tertiary/aromatic N) is 1. The first-order chi connectivity index (χ1) is 9.44. The fourth-order valence-electron chi connectivity index (χ4n) is 3.59. The minimum Gasteiger partial charge on any atom is -0.328 e. The SMILES string of the molecule is CC(C)Cc1ccc2c(c1)C(=O)N(C1(C(C)C)CC1)C2. The Hall–Kier alpha value is -1.31. The number of benzene rings is 1. The van der Waals surface area contributed by atoms with Gasteiger partial charge in [0.2, 0.25) is 0 Å². The van der Waals surface area contributed by atoms with Gasteiger partial charge in [-0.2, -0.15) is 0 Å². The number of rotatable bonds is 4. The van der Waals surface area contributed by atoms with Crippen molar-refractivity contribution in [2.75, 3.05) is 0 Å². The zero-order valence-electron chi connectivity index (χ0n) is 13.1. The van der Waals surface area contributed by atoms with E-state index in [9.17, 15) is 4.79 Å². The van der Waals surface area contributed by atoms with E-state index in [2.05, 4.69) is 50.8 Å². The monoisotopic (exact) mass is 271 g/mol. The van der Waals surface area contributed by atoms with E-state index >= 15 is 0 Å². The molecule has 0 atom stereocenters. The standard InChI is InChI=1S/C18H25NO/c1-12(2)9-14-5-6-15-11-19(17(20)16(15)10-14)18(7-8-18)13(3)4/h5-6,10,12-13H,7-9,11H2,1-4H3. The van der Waals surface area contributed by atoms with Crippen LogP contribution in [0.5, 0.6) is 0 Å². The van der Waals surface area contributed by atoms with Gasteiger partial charge < -0.3 is 4.90 Å². The van der Waals surface area contributed by atoms with Crippen molar-refractivity contribution in [3.63, 3.8) is 0 Å². The Morgan fingerprint density at radius 2 is 1.90 bits per heavy atom. The lowest BCUT2D eigenvalue weighted by atomic mass is 9.99. The van der Waals surface area contributed by atoms with Crippen molar-refractivity contribution >= 4 is 5.91 Å². The molecule has 0 aromatic heterocycles. The first-order valence-corrected chi connectivity index (χ1v) is 7.88. The minimum absolute atomic E-state index is 0.147. The molecule has 0 unspecified atom stereocenters. The maximum atomic E-state index is 12.8. The Morgan fingerprint density at radius 3 is 2.45 bits per heavy atom. The van der Waals surface area contributed by atoms with Gasteiger partial charge in [-0.25, -0.2) is 0 Å². The molecule has 2 nitrogen and oxygen atoms in total. The fraction of sp³-hybridized carbons (Fsp3) is 0.611. The molecule has 0 N–H and O–H groups in total. The molecular weight excluding hydrogens is 246 g/mol. The van der Waals surface area contributed by atoms with E-state index in [1.54, 1.807) is 0 Å². The Morgan fingerprint density at radius 1 is 1.20 bits per heavy atom. The summed E-state index contributed by atoms with van der Waals surface area (Å²) in [7, 11) is 0. The molecule has 1 amide bonds. The second kappa shape index (κ2) is 4.61. The summed E-state index contributed by atoms with van der Waals surface area (Å²) >= 11 is 0. The van der Waals surface area contributed by atoms with E-state index in [1.807, 2.05) is 0 Å².